The number of ketones is 1. The molecule has 1 amide bonds. The Morgan fingerprint density at radius 1 is 1.10 bits per heavy atom. The molecule has 5 nitrogen and oxygen atoms in total. The maximum absolute atomic E-state index is 13.9. The van der Waals surface area contributed by atoms with Crippen LogP contribution >= 0.6 is 0 Å². The van der Waals surface area contributed by atoms with Gasteiger partial charge in [0, 0.05) is 38.0 Å². The molecule has 3 rings (SSSR count). The van der Waals surface area contributed by atoms with Gasteiger partial charge in [-0.2, -0.15) is 0 Å². The van der Waals surface area contributed by atoms with Crippen LogP contribution in [0, 0.1) is 17.6 Å². The van der Waals surface area contributed by atoms with Crippen LogP contribution in [0.25, 0.3) is 0 Å². The van der Waals surface area contributed by atoms with E-state index in [2.05, 4.69) is 0 Å². The van der Waals surface area contributed by atoms with Crippen molar-refractivity contribution >= 4 is 23.1 Å². The molecule has 158 valence electrons. The van der Waals surface area contributed by atoms with Crippen molar-refractivity contribution < 1.29 is 23.5 Å². The summed E-state index contributed by atoms with van der Waals surface area (Å²) in [4.78, 5) is 28.9. The number of hydrogen-bond donors (Lipinski definition) is 1. The number of carbonyl (C=O) groups is 2. The second-order valence-corrected chi connectivity index (χ2v) is 7.95. The molecule has 0 fully saturated rings. The molecule has 2 aromatic rings. The fourth-order valence-corrected chi connectivity index (χ4v) is 3.54. The van der Waals surface area contributed by atoms with Gasteiger partial charge in [0.25, 0.3) is 5.91 Å². The lowest BCUT2D eigenvalue weighted by Gasteiger charge is -2.27. The van der Waals surface area contributed by atoms with Crippen LogP contribution in [0.5, 0.6) is 0 Å². The van der Waals surface area contributed by atoms with Gasteiger partial charge in [0.05, 0.1) is 11.6 Å². The van der Waals surface area contributed by atoms with Gasteiger partial charge in [0.15, 0.2) is 23.2 Å². The zero-order valence-corrected chi connectivity index (χ0v) is 17.3. The molecule has 0 saturated heterocycles. The highest BCUT2D eigenvalue weighted by molar-refractivity contribution is 6.16. The first kappa shape index (κ1) is 21.5. The molecule has 0 radical (unpaired) electrons. The van der Waals surface area contributed by atoms with E-state index in [4.69, 9.17) is 0 Å². The summed E-state index contributed by atoms with van der Waals surface area (Å²) < 4.78 is 27.3. The van der Waals surface area contributed by atoms with Gasteiger partial charge in [-0.15, -0.1) is 0 Å². The number of halogens is 2. The molecule has 1 heterocycles. The second-order valence-electron chi connectivity index (χ2n) is 7.95. The molecule has 7 heteroatoms. The van der Waals surface area contributed by atoms with Gasteiger partial charge < -0.3 is 10.0 Å². The van der Waals surface area contributed by atoms with Gasteiger partial charge >= 0.3 is 0 Å². The Bertz CT molecular complexity index is 1010. The molecule has 1 unspecified atom stereocenters. The monoisotopic (exact) mass is 414 g/mol. The van der Waals surface area contributed by atoms with E-state index in [1.54, 1.807) is 12.1 Å². The van der Waals surface area contributed by atoms with E-state index < -0.39 is 29.3 Å². The first-order valence-corrected chi connectivity index (χ1v) is 9.64. The van der Waals surface area contributed by atoms with Crippen LogP contribution in [0.4, 0.5) is 20.2 Å². The number of benzene rings is 2. The number of Topliss-reactive ketones (excluding diaryl/α,β-unsaturated/α-hetero) is 1. The first-order valence-electron chi connectivity index (χ1n) is 9.64. The summed E-state index contributed by atoms with van der Waals surface area (Å²) in [6, 6.07) is 9.26. The van der Waals surface area contributed by atoms with Gasteiger partial charge in [0.1, 0.15) is 0 Å². The highest BCUT2D eigenvalue weighted by Gasteiger charge is 2.44. The molecular weight excluding hydrogens is 390 g/mol. The van der Waals surface area contributed by atoms with E-state index in [9.17, 15) is 23.5 Å². The Hall–Kier alpha value is -3.22. The van der Waals surface area contributed by atoms with Crippen LogP contribution in [0.1, 0.15) is 31.9 Å². The zero-order valence-electron chi connectivity index (χ0n) is 17.3. The predicted octanol–water partition coefficient (Wildman–Crippen LogP) is 4.55. The van der Waals surface area contributed by atoms with Gasteiger partial charge in [-0.25, -0.2) is 8.78 Å². The molecule has 30 heavy (non-hydrogen) atoms. The largest absolute Gasteiger partial charge is 0.503 e. The zero-order chi connectivity index (χ0) is 22.2. The van der Waals surface area contributed by atoms with E-state index in [0.717, 1.165) is 22.7 Å². The SMILES string of the molecule is CC(C)CC(=O)C1=C(O)C(=O)N(c2ccc(F)c(F)c2)C1c1ccc(N(C)C)cc1. The molecule has 1 N–H and O–H groups in total. The quantitative estimate of drug-likeness (QED) is 0.754. The lowest BCUT2D eigenvalue weighted by Crippen LogP contribution is -2.31. The van der Waals surface area contributed by atoms with Crippen LogP contribution in [0.2, 0.25) is 0 Å². The fraction of sp³-hybridized carbons (Fsp3) is 0.304. The molecule has 1 aliphatic heterocycles. The molecule has 0 aliphatic carbocycles. The fourth-order valence-electron chi connectivity index (χ4n) is 3.54. The van der Waals surface area contributed by atoms with Crippen LogP contribution in [0.15, 0.2) is 53.8 Å². The van der Waals surface area contributed by atoms with Gasteiger partial charge in [0.2, 0.25) is 0 Å². The molecule has 1 aliphatic rings. The van der Waals surface area contributed by atoms with Crippen molar-refractivity contribution in [2.45, 2.75) is 26.3 Å². The molecule has 2 aromatic carbocycles. The lowest BCUT2D eigenvalue weighted by atomic mass is 9.92. The Kier molecular flexibility index (Phi) is 5.92. The third kappa shape index (κ3) is 3.92. The summed E-state index contributed by atoms with van der Waals surface area (Å²) >= 11 is 0. The minimum Gasteiger partial charge on any atom is -0.503 e. The minimum absolute atomic E-state index is 0.0157. The van der Waals surface area contributed by atoms with Gasteiger partial charge in [-0.05, 0) is 35.7 Å². The summed E-state index contributed by atoms with van der Waals surface area (Å²) in [5, 5.41) is 10.6. The maximum Gasteiger partial charge on any atom is 0.294 e. The van der Waals surface area contributed by atoms with E-state index in [1.807, 2.05) is 45.0 Å². The van der Waals surface area contributed by atoms with Crippen molar-refractivity contribution in [2.75, 3.05) is 23.9 Å². The predicted molar refractivity (Wildman–Crippen MR) is 111 cm³/mol. The minimum atomic E-state index is -1.12. The van der Waals surface area contributed by atoms with Crippen molar-refractivity contribution in [2.24, 2.45) is 5.92 Å². The summed E-state index contributed by atoms with van der Waals surface area (Å²) in [7, 11) is 3.76. The number of amides is 1. The number of anilines is 2. The Morgan fingerprint density at radius 3 is 2.27 bits per heavy atom. The second kappa shape index (κ2) is 8.26. The molecule has 0 aromatic heterocycles. The van der Waals surface area contributed by atoms with E-state index in [1.165, 1.54) is 6.07 Å². The van der Waals surface area contributed by atoms with E-state index in [-0.39, 0.29) is 29.4 Å². The van der Waals surface area contributed by atoms with Gasteiger partial charge in [-0.1, -0.05) is 26.0 Å². The van der Waals surface area contributed by atoms with Crippen molar-refractivity contribution in [3.8, 4) is 0 Å². The number of hydrogen-bond acceptors (Lipinski definition) is 4. The Morgan fingerprint density at radius 2 is 1.73 bits per heavy atom. The van der Waals surface area contributed by atoms with Crippen LogP contribution in [0.3, 0.4) is 0 Å². The lowest BCUT2D eigenvalue weighted by molar-refractivity contribution is -0.118. The van der Waals surface area contributed by atoms with Crippen molar-refractivity contribution in [1.29, 1.82) is 0 Å². The van der Waals surface area contributed by atoms with Crippen LogP contribution in [-0.2, 0) is 9.59 Å². The Balaban J connectivity index is 2.14. The summed E-state index contributed by atoms with van der Waals surface area (Å²) in [5.41, 5.74) is 1.51. The summed E-state index contributed by atoms with van der Waals surface area (Å²) in [6.45, 7) is 3.72. The number of aliphatic hydroxyl groups is 1. The van der Waals surface area contributed by atoms with Crippen molar-refractivity contribution in [3.05, 3.63) is 71.0 Å². The number of carbonyl (C=O) groups excluding carboxylic acids is 2. The van der Waals surface area contributed by atoms with E-state index >= 15 is 0 Å². The first-order chi connectivity index (χ1) is 14.1. The van der Waals surface area contributed by atoms with E-state index in [0.29, 0.717) is 5.56 Å². The number of rotatable bonds is 6. The number of nitrogens with zero attached hydrogens (tertiary/aromatic N) is 2. The number of aliphatic hydroxyl groups excluding tert-OH is 1. The molecule has 0 bridgehead atoms. The molecule has 0 spiro atoms. The average Bonchev–Trinajstić information content (AvgIpc) is 2.95. The normalized spacial score (nSPS) is 16.6. The third-order valence-electron chi connectivity index (χ3n) is 5.01. The highest BCUT2D eigenvalue weighted by atomic mass is 19.2. The molecule has 0 saturated carbocycles. The van der Waals surface area contributed by atoms with Crippen LogP contribution in [-0.4, -0.2) is 30.9 Å². The summed E-state index contributed by atoms with van der Waals surface area (Å²) in [6.07, 6.45) is 0.143. The van der Waals surface area contributed by atoms with Crippen LogP contribution < -0.4 is 9.80 Å². The van der Waals surface area contributed by atoms with Gasteiger partial charge in [-0.3, -0.25) is 14.5 Å². The smallest absolute Gasteiger partial charge is 0.294 e. The molecular formula is C23H24F2N2O3. The topological polar surface area (TPSA) is 60.9 Å². The standard InChI is InChI=1S/C23H24F2N2O3/c1-13(2)11-19(28)20-21(14-5-7-15(8-6-14)26(3)4)27(23(30)22(20)29)16-9-10-17(24)18(25)12-16/h5-10,12-13,21,29H,11H2,1-4H3. The third-order valence-corrected chi connectivity index (χ3v) is 5.01. The van der Waals surface area contributed by atoms with Crippen molar-refractivity contribution in [3.63, 3.8) is 0 Å². The average molecular weight is 414 g/mol. The summed E-state index contributed by atoms with van der Waals surface area (Å²) in [5.74, 6) is -4.00. The highest BCUT2D eigenvalue weighted by Crippen LogP contribution is 2.42. The van der Waals surface area contributed by atoms with Crippen molar-refractivity contribution in [1.82, 2.24) is 0 Å². The Labute approximate surface area is 174 Å². The molecule has 1 atom stereocenters. The maximum atomic E-state index is 13.9.